The zero-order chi connectivity index (χ0) is 20.0. The molecule has 27 heavy (non-hydrogen) atoms. The minimum atomic E-state index is -4.58. The van der Waals surface area contributed by atoms with E-state index in [-0.39, 0.29) is 26.3 Å². The summed E-state index contributed by atoms with van der Waals surface area (Å²) in [7, 11) is -4.01. The van der Waals surface area contributed by atoms with Crippen molar-refractivity contribution >= 4 is 37.4 Å². The molecular weight excluding hydrogens is 471 g/mol. The first kappa shape index (κ1) is 19.8. The third kappa shape index (κ3) is 3.74. The van der Waals surface area contributed by atoms with Crippen LogP contribution in [0, 0.1) is 6.92 Å². The number of halogens is 5. The van der Waals surface area contributed by atoms with E-state index in [9.17, 15) is 21.6 Å². The van der Waals surface area contributed by atoms with Gasteiger partial charge in [-0.3, -0.25) is 0 Å². The standard InChI is InChI=1S/C16H10BrClF3N3O2S/c1-9-15(27(25,26)12-5-3-11(17)4-6-12)22-23-24(9)14-8-10(16(19,20)21)2-7-13(14)18/h2-8H,1H3. The maximum absolute atomic E-state index is 13.0. The third-order valence-electron chi connectivity index (χ3n) is 3.73. The van der Waals surface area contributed by atoms with E-state index in [4.69, 9.17) is 11.6 Å². The van der Waals surface area contributed by atoms with Crippen LogP contribution in [0.3, 0.4) is 0 Å². The van der Waals surface area contributed by atoms with Gasteiger partial charge in [0.25, 0.3) is 0 Å². The van der Waals surface area contributed by atoms with Gasteiger partial charge in [0, 0.05) is 4.47 Å². The Hall–Kier alpha value is -1.91. The maximum Gasteiger partial charge on any atom is 0.416 e. The van der Waals surface area contributed by atoms with Crippen LogP contribution in [0.1, 0.15) is 11.3 Å². The summed E-state index contributed by atoms with van der Waals surface area (Å²) >= 11 is 9.21. The van der Waals surface area contributed by atoms with E-state index in [2.05, 4.69) is 26.2 Å². The minimum Gasteiger partial charge on any atom is -0.217 e. The fourth-order valence-electron chi connectivity index (χ4n) is 2.37. The van der Waals surface area contributed by atoms with Gasteiger partial charge in [-0.05, 0) is 49.4 Å². The highest BCUT2D eigenvalue weighted by molar-refractivity contribution is 9.10. The van der Waals surface area contributed by atoms with Crippen molar-refractivity contribution in [2.45, 2.75) is 23.0 Å². The van der Waals surface area contributed by atoms with E-state index in [0.29, 0.717) is 4.47 Å². The van der Waals surface area contributed by atoms with Gasteiger partial charge in [0.2, 0.25) is 14.9 Å². The van der Waals surface area contributed by atoms with Crippen molar-refractivity contribution in [2.75, 3.05) is 0 Å². The molecular formula is C16H10BrClF3N3O2S. The monoisotopic (exact) mass is 479 g/mol. The predicted octanol–water partition coefficient (Wildman–Crippen LogP) is 4.84. The van der Waals surface area contributed by atoms with Gasteiger partial charge in [-0.1, -0.05) is 32.7 Å². The van der Waals surface area contributed by atoms with Crippen LogP contribution in [0.4, 0.5) is 13.2 Å². The van der Waals surface area contributed by atoms with E-state index in [1.54, 1.807) is 12.1 Å². The first-order valence-electron chi connectivity index (χ1n) is 7.32. The summed E-state index contributed by atoms with van der Waals surface area (Å²) in [5.41, 5.74) is -1.01. The Bertz CT molecular complexity index is 1110. The molecule has 3 aromatic rings. The molecule has 0 N–H and O–H groups in total. The van der Waals surface area contributed by atoms with E-state index in [0.717, 1.165) is 22.9 Å². The molecule has 1 aromatic heterocycles. The number of aromatic nitrogens is 3. The largest absolute Gasteiger partial charge is 0.416 e. The quantitative estimate of drug-likeness (QED) is 0.538. The Morgan fingerprint density at radius 3 is 2.33 bits per heavy atom. The Labute approximate surface area is 165 Å². The molecule has 142 valence electrons. The first-order valence-corrected chi connectivity index (χ1v) is 9.97. The molecule has 5 nitrogen and oxygen atoms in total. The van der Waals surface area contributed by atoms with Gasteiger partial charge >= 0.3 is 6.18 Å². The smallest absolute Gasteiger partial charge is 0.217 e. The topological polar surface area (TPSA) is 64.8 Å². The highest BCUT2D eigenvalue weighted by Crippen LogP contribution is 2.34. The summed E-state index contributed by atoms with van der Waals surface area (Å²) < 4.78 is 66.2. The highest BCUT2D eigenvalue weighted by Gasteiger charge is 2.32. The molecule has 0 aliphatic carbocycles. The summed E-state index contributed by atoms with van der Waals surface area (Å²) in [5.74, 6) is 0. The summed E-state index contributed by atoms with van der Waals surface area (Å²) in [6.07, 6.45) is -4.58. The number of alkyl halides is 3. The van der Waals surface area contributed by atoms with E-state index in [1.165, 1.54) is 19.1 Å². The molecule has 11 heteroatoms. The Morgan fingerprint density at radius 1 is 1.11 bits per heavy atom. The molecule has 0 radical (unpaired) electrons. The van der Waals surface area contributed by atoms with Gasteiger partial charge < -0.3 is 0 Å². The number of hydrogen-bond donors (Lipinski definition) is 0. The molecule has 0 bridgehead atoms. The van der Waals surface area contributed by atoms with E-state index < -0.39 is 21.6 Å². The van der Waals surface area contributed by atoms with E-state index >= 15 is 0 Å². The summed E-state index contributed by atoms with van der Waals surface area (Å²) in [6.45, 7) is 1.39. The molecule has 1 heterocycles. The zero-order valence-corrected chi connectivity index (χ0v) is 16.7. The van der Waals surface area contributed by atoms with Gasteiger partial charge in [-0.15, -0.1) is 5.10 Å². The minimum absolute atomic E-state index is 0.0176. The number of sulfone groups is 1. The molecule has 0 fully saturated rings. The maximum atomic E-state index is 13.0. The molecule has 0 unspecified atom stereocenters. The van der Waals surface area contributed by atoms with Crippen LogP contribution in [0.5, 0.6) is 0 Å². The van der Waals surface area contributed by atoms with Crippen LogP contribution in [-0.4, -0.2) is 23.4 Å². The highest BCUT2D eigenvalue weighted by atomic mass is 79.9. The second kappa shape index (κ2) is 6.92. The van der Waals surface area contributed by atoms with Gasteiger partial charge in [0.1, 0.15) is 0 Å². The van der Waals surface area contributed by atoms with E-state index in [1.807, 2.05) is 0 Å². The summed E-state index contributed by atoms with van der Waals surface area (Å²) in [4.78, 5) is -0.0176. The van der Waals surface area contributed by atoms with Crippen LogP contribution in [0.2, 0.25) is 5.02 Å². The van der Waals surface area contributed by atoms with Gasteiger partial charge in [0.05, 0.1) is 26.9 Å². The molecule has 0 atom stereocenters. The van der Waals surface area contributed by atoms with Crippen LogP contribution in [0.25, 0.3) is 5.69 Å². The van der Waals surface area contributed by atoms with Crippen molar-refractivity contribution in [3.63, 3.8) is 0 Å². The second-order valence-electron chi connectivity index (χ2n) is 5.51. The Balaban J connectivity index is 2.13. The lowest BCUT2D eigenvalue weighted by Crippen LogP contribution is -2.08. The lowest BCUT2D eigenvalue weighted by molar-refractivity contribution is -0.137. The Kier molecular flexibility index (Phi) is 5.08. The number of benzene rings is 2. The number of rotatable bonds is 3. The average Bonchev–Trinajstić information content (AvgIpc) is 2.97. The average molecular weight is 481 g/mol. The van der Waals surface area contributed by atoms with Crippen molar-refractivity contribution < 1.29 is 21.6 Å². The molecule has 0 amide bonds. The fourth-order valence-corrected chi connectivity index (χ4v) is 4.17. The van der Waals surface area contributed by atoms with Crippen LogP contribution >= 0.6 is 27.5 Å². The lowest BCUT2D eigenvalue weighted by Gasteiger charge is -2.11. The summed E-state index contributed by atoms with van der Waals surface area (Å²) in [6, 6.07) is 8.57. The zero-order valence-electron chi connectivity index (χ0n) is 13.5. The third-order valence-corrected chi connectivity index (χ3v) is 6.36. The molecule has 0 aliphatic rings. The molecule has 0 saturated heterocycles. The van der Waals surface area contributed by atoms with Crippen molar-refractivity contribution in [3.05, 3.63) is 63.2 Å². The van der Waals surface area contributed by atoms with Crippen LogP contribution < -0.4 is 0 Å². The van der Waals surface area contributed by atoms with Crippen molar-refractivity contribution in [1.82, 2.24) is 15.0 Å². The molecule has 0 saturated carbocycles. The second-order valence-corrected chi connectivity index (χ2v) is 8.70. The number of nitrogens with zero attached hydrogens (tertiary/aromatic N) is 3. The molecule has 0 spiro atoms. The Morgan fingerprint density at radius 2 is 1.74 bits per heavy atom. The number of hydrogen-bond acceptors (Lipinski definition) is 4. The molecule has 3 rings (SSSR count). The van der Waals surface area contributed by atoms with Crippen molar-refractivity contribution in [2.24, 2.45) is 0 Å². The van der Waals surface area contributed by atoms with Gasteiger partial charge in [0.15, 0.2) is 0 Å². The first-order chi connectivity index (χ1) is 12.5. The van der Waals surface area contributed by atoms with Crippen molar-refractivity contribution in [3.8, 4) is 5.69 Å². The van der Waals surface area contributed by atoms with Crippen molar-refractivity contribution in [1.29, 1.82) is 0 Å². The summed E-state index contributed by atoms with van der Waals surface area (Å²) in [5, 5.41) is 6.99. The molecule has 0 aliphatic heterocycles. The lowest BCUT2D eigenvalue weighted by atomic mass is 10.2. The van der Waals surface area contributed by atoms with Crippen LogP contribution in [0.15, 0.2) is 56.9 Å². The fraction of sp³-hybridized carbons (Fsp3) is 0.125. The normalized spacial score (nSPS) is 12.4. The SMILES string of the molecule is Cc1c(S(=O)(=O)c2ccc(Br)cc2)nnn1-c1cc(C(F)(F)F)ccc1Cl. The van der Waals surface area contributed by atoms with Gasteiger partial charge in [-0.25, -0.2) is 13.1 Å². The van der Waals surface area contributed by atoms with Crippen LogP contribution in [-0.2, 0) is 16.0 Å². The van der Waals surface area contributed by atoms with Gasteiger partial charge in [-0.2, -0.15) is 13.2 Å². The molecule has 2 aromatic carbocycles. The predicted molar refractivity (Wildman–Crippen MR) is 95.7 cm³/mol.